The second kappa shape index (κ2) is 6.06. The summed E-state index contributed by atoms with van der Waals surface area (Å²) >= 11 is 0. The zero-order valence-corrected chi connectivity index (χ0v) is 11.8. The van der Waals surface area contributed by atoms with E-state index in [-0.39, 0.29) is 11.9 Å². The van der Waals surface area contributed by atoms with Gasteiger partial charge in [-0.3, -0.25) is 4.79 Å². The van der Waals surface area contributed by atoms with Gasteiger partial charge in [0.15, 0.2) is 5.69 Å². The molecule has 19 heavy (non-hydrogen) atoms. The first-order chi connectivity index (χ1) is 9.06. The Morgan fingerprint density at radius 3 is 3.11 bits per heavy atom. The zero-order valence-electron chi connectivity index (χ0n) is 11.8. The van der Waals surface area contributed by atoms with Crippen molar-refractivity contribution < 1.29 is 9.53 Å². The molecule has 0 aliphatic carbocycles. The van der Waals surface area contributed by atoms with Gasteiger partial charge in [-0.15, -0.1) is 0 Å². The quantitative estimate of drug-likeness (QED) is 0.825. The lowest BCUT2D eigenvalue weighted by atomic mass is 10.1. The minimum Gasteiger partial charge on any atom is -0.476 e. The molecule has 1 aromatic heterocycles. The Kier molecular flexibility index (Phi) is 4.42. The van der Waals surface area contributed by atoms with Crippen molar-refractivity contribution >= 4 is 5.91 Å². The van der Waals surface area contributed by atoms with Crippen molar-refractivity contribution in [2.75, 3.05) is 27.2 Å². The molecule has 0 saturated heterocycles. The highest BCUT2D eigenvalue weighted by Gasteiger charge is 2.19. The summed E-state index contributed by atoms with van der Waals surface area (Å²) in [4.78, 5) is 14.1. The van der Waals surface area contributed by atoms with E-state index in [1.165, 1.54) is 0 Å². The predicted molar refractivity (Wildman–Crippen MR) is 72.4 cm³/mol. The fourth-order valence-corrected chi connectivity index (χ4v) is 2.11. The van der Waals surface area contributed by atoms with Crippen LogP contribution in [-0.2, 0) is 6.54 Å². The summed E-state index contributed by atoms with van der Waals surface area (Å²) in [7, 11) is 4.10. The second-order valence-electron chi connectivity index (χ2n) is 5.26. The van der Waals surface area contributed by atoms with Crippen molar-refractivity contribution in [3.63, 3.8) is 0 Å². The van der Waals surface area contributed by atoms with Gasteiger partial charge in [-0.25, -0.2) is 4.68 Å². The van der Waals surface area contributed by atoms with E-state index in [9.17, 15) is 4.79 Å². The Hall–Kier alpha value is -1.56. The Morgan fingerprint density at radius 1 is 1.63 bits per heavy atom. The van der Waals surface area contributed by atoms with Gasteiger partial charge in [0.1, 0.15) is 6.61 Å². The Labute approximate surface area is 113 Å². The van der Waals surface area contributed by atoms with Crippen LogP contribution >= 0.6 is 0 Å². The van der Waals surface area contributed by atoms with Crippen LogP contribution in [0.1, 0.15) is 30.3 Å². The Balaban J connectivity index is 1.79. The fraction of sp³-hybridized carbons (Fsp3) is 0.692. The molecule has 2 rings (SSSR count). The molecule has 1 atom stereocenters. The van der Waals surface area contributed by atoms with Gasteiger partial charge in [0.25, 0.3) is 5.91 Å². The van der Waals surface area contributed by atoms with Crippen LogP contribution in [0.3, 0.4) is 0 Å². The van der Waals surface area contributed by atoms with Gasteiger partial charge < -0.3 is 15.0 Å². The molecule has 0 radical (unpaired) electrons. The van der Waals surface area contributed by atoms with E-state index < -0.39 is 0 Å². The van der Waals surface area contributed by atoms with Crippen molar-refractivity contribution in [1.29, 1.82) is 0 Å². The van der Waals surface area contributed by atoms with Gasteiger partial charge in [0.2, 0.25) is 5.88 Å². The number of rotatable bonds is 6. The SMILES string of the molecule is CC(CCCN(C)C)NC(=O)c1cc2n(n1)CCO2. The van der Waals surface area contributed by atoms with E-state index in [0.29, 0.717) is 18.2 Å². The summed E-state index contributed by atoms with van der Waals surface area (Å²) in [6.07, 6.45) is 2.03. The van der Waals surface area contributed by atoms with Crippen LogP contribution in [0.25, 0.3) is 0 Å². The molecule has 1 N–H and O–H groups in total. The lowest BCUT2D eigenvalue weighted by molar-refractivity contribution is 0.0931. The van der Waals surface area contributed by atoms with Crippen molar-refractivity contribution in [3.05, 3.63) is 11.8 Å². The Bertz CT molecular complexity index is 420. The third-order valence-electron chi connectivity index (χ3n) is 3.15. The fourth-order valence-electron chi connectivity index (χ4n) is 2.11. The number of carbonyl (C=O) groups is 1. The Morgan fingerprint density at radius 2 is 2.42 bits per heavy atom. The highest BCUT2D eigenvalue weighted by atomic mass is 16.5. The molecule has 1 aromatic rings. The summed E-state index contributed by atoms with van der Waals surface area (Å²) in [5, 5.41) is 7.19. The molecule has 1 unspecified atom stereocenters. The third-order valence-corrected chi connectivity index (χ3v) is 3.15. The van der Waals surface area contributed by atoms with Gasteiger partial charge in [-0.1, -0.05) is 0 Å². The molecular formula is C13H22N4O2. The number of aromatic nitrogens is 2. The molecule has 1 aliphatic heterocycles. The molecule has 0 saturated carbocycles. The van der Waals surface area contributed by atoms with Crippen LogP contribution in [0.5, 0.6) is 5.88 Å². The average Bonchev–Trinajstić information content (AvgIpc) is 2.87. The second-order valence-corrected chi connectivity index (χ2v) is 5.26. The number of nitrogens with one attached hydrogen (secondary N) is 1. The van der Waals surface area contributed by atoms with Crippen molar-refractivity contribution in [2.45, 2.75) is 32.4 Å². The first-order valence-corrected chi connectivity index (χ1v) is 6.72. The van der Waals surface area contributed by atoms with Crippen LogP contribution in [0.15, 0.2) is 6.07 Å². The lowest BCUT2D eigenvalue weighted by Gasteiger charge is -2.14. The van der Waals surface area contributed by atoms with Gasteiger partial charge >= 0.3 is 0 Å². The molecule has 0 bridgehead atoms. The molecule has 1 aliphatic rings. The largest absolute Gasteiger partial charge is 0.476 e. The number of ether oxygens (including phenoxy) is 1. The van der Waals surface area contributed by atoms with E-state index >= 15 is 0 Å². The van der Waals surface area contributed by atoms with Crippen LogP contribution in [0.4, 0.5) is 0 Å². The maximum absolute atomic E-state index is 12.0. The zero-order chi connectivity index (χ0) is 13.8. The van der Waals surface area contributed by atoms with E-state index in [0.717, 1.165) is 25.9 Å². The molecule has 0 spiro atoms. The maximum Gasteiger partial charge on any atom is 0.272 e. The van der Waals surface area contributed by atoms with E-state index in [2.05, 4.69) is 29.4 Å². The molecular weight excluding hydrogens is 244 g/mol. The first kappa shape index (κ1) is 13.9. The van der Waals surface area contributed by atoms with Gasteiger partial charge in [-0.05, 0) is 40.4 Å². The summed E-state index contributed by atoms with van der Waals surface area (Å²) in [6, 6.07) is 1.86. The highest BCUT2D eigenvalue weighted by molar-refractivity contribution is 5.92. The number of hydrogen-bond donors (Lipinski definition) is 1. The van der Waals surface area contributed by atoms with Crippen LogP contribution in [-0.4, -0.2) is 53.9 Å². The number of carbonyl (C=O) groups excluding carboxylic acids is 1. The van der Waals surface area contributed by atoms with Gasteiger partial charge in [0.05, 0.1) is 6.54 Å². The summed E-state index contributed by atoms with van der Waals surface area (Å²) in [6.45, 7) is 4.42. The van der Waals surface area contributed by atoms with Crippen molar-refractivity contribution in [1.82, 2.24) is 20.0 Å². The van der Waals surface area contributed by atoms with E-state index in [1.54, 1.807) is 10.7 Å². The minimum atomic E-state index is -0.122. The molecule has 0 fully saturated rings. The van der Waals surface area contributed by atoms with Crippen LogP contribution in [0, 0.1) is 0 Å². The van der Waals surface area contributed by atoms with Crippen LogP contribution in [0.2, 0.25) is 0 Å². The summed E-state index contributed by atoms with van der Waals surface area (Å²) in [5.41, 5.74) is 0.439. The van der Waals surface area contributed by atoms with Gasteiger partial charge in [0, 0.05) is 12.1 Å². The molecule has 106 valence electrons. The molecule has 2 heterocycles. The number of hydrogen-bond acceptors (Lipinski definition) is 4. The maximum atomic E-state index is 12.0. The number of nitrogens with zero attached hydrogens (tertiary/aromatic N) is 3. The molecule has 1 amide bonds. The highest BCUT2D eigenvalue weighted by Crippen LogP contribution is 2.18. The topological polar surface area (TPSA) is 59.4 Å². The van der Waals surface area contributed by atoms with Crippen molar-refractivity contribution in [3.8, 4) is 5.88 Å². The monoisotopic (exact) mass is 266 g/mol. The number of amides is 1. The normalized spacial score (nSPS) is 15.2. The van der Waals surface area contributed by atoms with E-state index in [1.807, 2.05) is 6.92 Å². The lowest BCUT2D eigenvalue weighted by Crippen LogP contribution is -2.33. The predicted octanol–water partition coefficient (Wildman–Crippen LogP) is 0.736. The summed E-state index contributed by atoms with van der Waals surface area (Å²) in [5.74, 6) is 0.563. The van der Waals surface area contributed by atoms with Crippen LogP contribution < -0.4 is 10.1 Å². The van der Waals surface area contributed by atoms with Crippen molar-refractivity contribution in [2.24, 2.45) is 0 Å². The molecule has 6 nitrogen and oxygen atoms in total. The first-order valence-electron chi connectivity index (χ1n) is 6.72. The third kappa shape index (κ3) is 3.70. The molecule has 0 aromatic carbocycles. The molecule has 6 heteroatoms. The minimum absolute atomic E-state index is 0.122. The number of fused-ring (bicyclic) bond motifs is 1. The standard InChI is InChI=1S/C13H22N4O2/c1-10(5-4-6-16(2)3)14-13(18)11-9-12-17(15-11)7-8-19-12/h9-10H,4-8H2,1-3H3,(H,14,18). The van der Waals surface area contributed by atoms with E-state index in [4.69, 9.17) is 4.74 Å². The average molecular weight is 266 g/mol. The van der Waals surface area contributed by atoms with Gasteiger partial charge in [-0.2, -0.15) is 5.10 Å². The smallest absolute Gasteiger partial charge is 0.272 e. The summed E-state index contributed by atoms with van der Waals surface area (Å²) < 4.78 is 7.07.